The summed E-state index contributed by atoms with van der Waals surface area (Å²) in [5, 5.41) is 6.81. The molecular weight excluding hydrogens is 473 g/mol. The zero-order valence-corrected chi connectivity index (χ0v) is 20.5. The molecule has 2 aromatic carbocycles. The lowest BCUT2D eigenvalue weighted by Crippen LogP contribution is -2.35. The first-order valence-corrected chi connectivity index (χ1v) is 12.2. The Kier molecular flexibility index (Phi) is 10.6. The number of hydrogen-bond acceptors (Lipinski definition) is 5. The van der Waals surface area contributed by atoms with E-state index in [0.717, 1.165) is 62.2 Å². The molecule has 0 aliphatic carbocycles. The van der Waals surface area contributed by atoms with Crippen molar-refractivity contribution >= 4 is 12.1 Å². The van der Waals surface area contributed by atoms with Gasteiger partial charge in [-0.2, -0.15) is 13.2 Å². The second kappa shape index (κ2) is 13.9. The molecule has 0 bridgehead atoms. The number of oxime groups is 1. The van der Waals surface area contributed by atoms with E-state index in [0.29, 0.717) is 30.2 Å². The van der Waals surface area contributed by atoms with Crippen LogP contribution in [0.4, 0.5) is 13.2 Å². The summed E-state index contributed by atoms with van der Waals surface area (Å²) < 4.78 is 48.7. The molecule has 0 spiro atoms. The van der Waals surface area contributed by atoms with Gasteiger partial charge in [-0.15, -0.1) is 0 Å². The highest BCUT2D eigenvalue weighted by atomic mass is 19.4. The Labute approximate surface area is 209 Å². The Morgan fingerprint density at radius 2 is 1.86 bits per heavy atom. The van der Waals surface area contributed by atoms with Gasteiger partial charge in [0.1, 0.15) is 12.4 Å². The number of carbonyl (C=O) groups is 1. The van der Waals surface area contributed by atoms with Crippen LogP contribution in [-0.4, -0.2) is 38.5 Å². The van der Waals surface area contributed by atoms with E-state index in [1.807, 2.05) is 25.1 Å². The minimum Gasteiger partial charge on any atom is -0.484 e. The van der Waals surface area contributed by atoms with Crippen LogP contribution in [0, 0.1) is 12.8 Å². The number of alkyl halides is 3. The summed E-state index contributed by atoms with van der Waals surface area (Å²) >= 11 is 0. The molecular formula is C27H33F3N2O4. The largest absolute Gasteiger partial charge is 0.484 e. The predicted molar refractivity (Wildman–Crippen MR) is 131 cm³/mol. The van der Waals surface area contributed by atoms with Crippen LogP contribution in [0.25, 0.3) is 0 Å². The molecule has 9 heteroatoms. The summed E-state index contributed by atoms with van der Waals surface area (Å²) in [6.07, 6.45) is 1.68. The second-order valence-corrected chi connectivity index (χ2v) is 8.90. The fourth-order valence-electron chi connectivity index (χ4n) is 3.84. The minimum absolute atomic E-state index is 0.00760. The number of aryl methyl sites for hydroxylation is 2. The van der Waals surface area contributed by atoms with E-state index in [1.54, 1.807) is 6.21 Å². The van der Waals surface area contributed by atoms with Crippen molar-refractivity contribution < 1.29 is 32.3 Å². The number of rotatable bonds is 12. The Bertz CT molecular complexity index is 988. The van der Waals surface area contributed by atoms with Gasteiger partial charge in [0.25, 0.3) is 5.91 Å². The molecule has 0 aromatic heterocycles. The van der Waals surface area contributed by atoms with Gasteiger partial charge in [0.2, 0.25) is 0 Å². The summed E-state index contributed by atoms with van der Waals surface area (Å²) in [4.78, 5) is 17.2. The molecule has 0 atom stereocenters. The number of unbranched alkanes of at least 4 members (excludes halogenated alkanes) is 1. The standard InChI is InChI=1S/C27H33F3N2O4/c1-20-16-21(7-10-25(20)35-19-26(33)31-17-22-11-14-34-15-12-22)4-2-3-13-32-36-18-23-5-8-24(9-6-23)27(28,29)30/h5-10,13,16,22H,2-4,11-12,14-15,17-19H2,1H3,(H,31,33). The number of amides is 1. The number of benzene rings is 2. The van der Waals surface area contributed by atoms with Crippen LogP contribution in [0.1, 0.15) is 47.9 Å². The maximum atomic E-state index is 12.6. The van der Waals surface area contributed by atoms with Crippen LogP contribution in [0.5, 0.6) is 5.75 Å². The Morgan fingerprint density at radius 1 is 1.14 bits per heavy atom. The highest BCUT2D eigenvalue weighted by Gasteiger charge is 2.29. The molecule has 1 aliphatic rings. The highest BCUT2D eigenvalue weighted by molar-refractivity contribution is 5.77. The predicted octanol–water partition coefficient (Wildman–Crippen LogP) is 5.46. The van der Waals surface area contributed by atoms with Crippen molar-refractivity contribution in [1.82, 2.24) is 5.32 Å². The third kappa shape index (κ3) is 9.53. The first kappa shape index (κ1) is 27.5. The van der Waals surface area contributed by atoms with Crippen LogP contribution in [0.15, 0.2) is 47.6 Å². The molecule has 1 N–H and O–H groups in total. The van der Waals surface area contributed by atoms with Crippen LogP contribution in [-0.2, 0) is 33.6 Å². The van der Waals surface area contributed by atoms with Crippen molar-refractivity contribution in [3.8, 4) is 5.75 Å². The van der Waals surface area contributed by atoms with Crippen LogP contribution in [0.2, 0.25) is 0 Å². The SMILES string of the molecule is Cc1cc(CCCC=NOCc2ccc(C(F)(F)F)cc2)ccc1OCC(=O)NCC1CCOCC1. The summed E-state index contributed by atoms with van der Waals surface area (Å²) in [5.74, 6) is 1.04. The summed E-state index contributed by atoms with van der Waals surface area (Å²) in [6, 6.07) is 10.8. The van der Waals surface area contributed by atoms with Crippen molar-refractivity contribution in [2.45, 2.75) is 51.8 Å². The van der Waals surface area contributed by atoms with E-state index in [1.165, 1.54) is 12.1 Å². The van der Waals surface area contributed by atoms with Crippen LogP contribution >= 0.6 is 0 Å². The summed E-state index contributed by atoms with van der Waals surface area (Å²) in [6.45, 7) is 4.24. The number of halogens is 3. The monoisotopic (exact) mass is 506 g/mol. The van der Waals surface area contributed by atoms with Gasteiger partial charge in [0, 0.05) is 26.0 Å². The number of hydrogen-bond donors (Lipinski definition) is 1. The van der Waals surface area contributed by atoms with E-state index in [2.05, 4.69) is 10.5 Å². The molecule has 2 aromatic rings. The minimum atomic E-state index is -4.34. The summed E-state index contributed by atoms with van der Waals surface area (Å²) in [5.41, 5.74) is 2.06. The number of carbonyl (C=O) groups excluding carboxylic acids is 1. The molecule has 1 saturated heterocycles. The quantitative estimate of drug-likeness (QED) is 0.236. The van der Waals surface area contributed by atoms with Crippen molar-refractivity contribution in [2.75, 3.05) is 26.4 Å². The lowest BCUT2D eigenvalue weighted by atomic mass is 10.0. The molecule has 0 radical (unpaired) electrons. The van der Waals surface area contributed by atoms with Gasteiger partial charge in [-0.05, 0) is 79.8 Å². The Balaban J connectivity index is 1.30. The van der Waals surface area contributed by atoms with Crippen LogP contribution in [0.3, 0.4) is 0 Å². The van der Waals surface area contributed by atoms with Gasteiger partial charge in [-0.3, -0.25) is 4.79 Å². The first-order chi connectivity index (χ1) is 17.3. The van der Waals surface area contributed by atoms with E-state index in [9.17, 15) is 18.0 Å². The zero-order valence-electron chi connectivity index (χ0n) is 20.5. The molecule has 1 aliphatic heterocycles. The van der Waals surface area contributed by atoms with Gasteiger partial charge in [0.05, 0.1) is 5.56 Å². The van der Waals surface area contributed by atoms with Crippen molar-refractivity contribution in [1.29, 1.82) is 0 Å². The van der Waals surface area contributed by atoms with Crippen molar-refractivity contribution in [2.24, 2.45) is 11.1 Å². The third-order valence-electron chi connectivity index (χ3n) is 5.99. The van der Waals surface area contributed by atoms with Gasteiger partial charge in [-0.25, -0.2) is 0 Å². The average Bonchev–Trinajstić information content (AvgIpc) is 2.86. The Morgan fingerprint density at radius 3 is 2.56 bits per heavy atom. The number of nitrogens with zero attached hydrogens (tertiary/aromatic N) is 1. The molecule has 1 heterocycles. The molecule has 1 fully saturated rings. The number of nitrogens with one attached hydrogen (secondary N) is 1. The molecule has 3 rings (SSSR count). The van der Waals surface area contributed by atoms with E-state index in [-0.39, 0.29) is 19.1 Å². The van der Waals surface area contributed by atoms with E-state index < -0.39 is 11.7 Å². The Hall–Kier alpha value is -3.07. The molecule has 36 heavy (non-hydrogen) atoms. The van der Waals surface area contributed by atoms with Gasteiger partial charge in [0.15, 0.2) is 6.61 Å². The van der Waals surface area contributed by atoms with Gasteiger partial charge >= 0.3 is 6.18 Å². The molecule has 0 saturated carbocycles. The maximum absolute atomic E-state index is 12.6. The van der Waals surface area contributed by atoms with Crippen LogP contribution < -0.4 is 10.1 Å². The van der Waals surface area contributed by atoms with Crippen molar-refractivity contribution in [3.05, 3.63) is 64.7 Å². The third-order valence-corrected chi connectivity index (χ3v) is 5.99. The zero-order chi connectivity index (χ0) is 25.8. The second-order valence-electron chi connectivity index (χ2n) is 8.90. The molecule has 196 valence electrons. The lowest BCUT2D eigenvalue weighted by Gasteiger charge is -2.22. The fourth-order valence-corrected chi connectivity index (χ4v) is 3.84. The number of ether oxygens (including phenoxy) is 2. The average molecular weight is 507 g/mol. The van der Waals surface area contributed by atoms with E-state index in [4.69, 9.17) is 14.3 Å². The van der Waals surface area contributed by atoms with E-state index >= 15 is 0 Å². The van der Waals surface area contributed by atoms with Crippen molar-refractivity contribution in [3.63, 3.8) is 0 Å². The van der Waals surface area contributed by atoms with Gasteiger partial charge in [-0.1, -0.05) is 29.4 Å². The summed E-state index contributed by atoms with van der Waals surface area (Å²) in [7, 11) is 0. The highest BCUT2D eigenvalue weighted by Crippen LogP contribution is 2.29. The smallest absolute Gasteiger partial charge is 0.416 e. The molecule has 0 unspecified atom stereocenters. The first-order valence-electron chi connectivity index (χ1n) is 12.2. The fraction of sp³-hybridized carbons (Fsp3) is 0.481. The normalized spacial score (nSPS) is 14.7. The molecule has 6 nitrogen and oxygen atoms in total. The molecule has 1 amide bonds. The topological polar surface area (TPSA) is 69.2 Å². The maximum Gasteiger partial charge on any atom is 0.416 e. The van der Waals surface area contributed by atoms with Gasteiger partial charge < -0.3 is 19.6 Å². The lowest BCUT2D eigenvalue weighted by molar-refractivity contribution is -0.137.